The maximum atomic E-state index is 8.73. The highest BCUT2D eigenvalue weighted by atomic mass is 32.2. The van der Waals surface area contributed by atoms with Crippen molar-refractivity contribution in [1.29, 1.82) is 0 Å². The van der Waals surface area contributed by atoms with Gasteiger partial charge < -0.3 is 10.9 Å². The zero-order valence-corrected chi connectivity index (χ0v) is 10.5. The molecule has 4 nitrogen and oxygen atoms in total. The van der Waals surface area contributed by atoms with E-state index in [9.17, 15) is 0 Å². The van der Waals surface area contributed by atoms with Crippen molar-refractivity contribution in [3.05, 3.63) is 0 Å². The van der Waals surface area contributed by atoms with Gasteiger partial charge in [-0.05, 0) is 20.3 Å². The van der Waals surface area contributed by atoms with E-state index in [0.717, 1.165) is 25.3 Å². The highest BCUT2D eigenvalue weighted by molar-refractivity contribution is 8.00. The Labute approximate surface area is 95.9 Å². The highest BCUT2D eigenvalue weighted by Gasteiger charge is 2.31. The smallest absolute Gasteiger partial charge is 0.156 e. The summed E-state index contributed by atoms with van der Waals surface area (Å²) in [4.78, 5) is 2.31. The van der Waals surface area contributed by atoms with Crippen LogP contribution in [0.25, 0.3) is 0 Å². The molecule has 88 valence electrons. The molecule has 1 heterocycles. The molecule has 1 rings (SSSR count). The zero-order chi connectivity index (χ0) is 11.5. The van der Waals surface area contributed by atoms with Crippen molar-refractivity contribution in [1.82, 2.24) is 4.90 Å². The van der Waals surface area contributed by atoms with Crippen molar-refractivity contribution in [2.45, 2.75) is 38.0 Å². The topological polar surface area (TPSA) is 61.9 Å². The number of nitrogens with zero attached hydrogens (tertiary/aromatic N) is 2. The van der Waals surface area contributed by atoms with Crippen molar-refractivity contribution in [2.75, 3.05) is 18.8 Å². The van der Waals surface area contributed by atoms with Gasteiger partial charge in [0.1, 0.15) is 0 Å². The number of hydrogen-bond acceptors (Lipinski definition) is 4. The van der Waals surface area contributed by atoms with Gasteiger partial charge in [-0.15, -0.1) is 0 Å². The first-order chi connectivity index (χ1) is 7.00. The normalized spacial score (nSPS) is 25.1. The minimum Gasteiger partial charge on any atom is -0.409 e. The lowest BCUT2D eigenvalue weighted by molar-refractivity contribution is 0.218. The van der Waals surface area contributed by atoms with E-state index in [0.29, 0.717) is 5.84 Å². The molecule has 1 unspecified atom stereocenters. The molecule has 1 aliphatic rings. The second-order valence-electron chi connectivity index (χ2n) is 4.53. The third kappa shape index (κ3) is 3.28. The minimum absolute atomic E-state index is 0.0789. The van der Waals surface area contributed by atoms with Gasteiger partial charge in [0.05, 0.1) is 6.04 Å². The van der Waals surface area contributed by atoms with E-state index in [1.54, 1.807) is 0 Å². The molecule has 0 amide bonds. The van der Waals surface area contributed by atoms with Crippen LogP contribution in [-0.2, 0) is 0 Å². The summed E-state index contributed by atoms with van der Waals surface area (Å²) in [7, 11) is 0. The van der Waals surface area contributed by atoms with E-state index in [1.165, 1.54) is 0 Å². The van der Waals surface area contributed by atoms with Crippen LogP contribution in [0.3, 0.4) is 0 Å². The van der Waals surface area contributed by atoms with Gasteiger partial charge >= 0.3 is 0 Å². The predicted molar refractivity (Wildman–Crippen MR) is 65.6 cm³/mol. The van der Waals surface area contributed by atoms with Crippen LogP contribution >= 0.6 is 11.8 Å². The van der Waals surface area contributed by atoms with E-state index in [4.69, 9.17) is 10.9 Å². The Kier molecular flexibility index (Phi) is 4.28. The van der Waals surface area contributed by atoms with Crippen molar-refractivity contribution < 1.29 is 5.21 Å². The Morgan fingerprint density at radius 1 is 1.67 bits per heavy atom. The van der Waals surface area contributed by atoms with Crippen molar-refractivity contribution in [2.24, 2.45) is 10.9 Å². The lowest BCUT2D eigenvalue weighted by Gasteiger charge is -2.41. The number of hydrogen-bond donors (Lipinski definition) is 2. The molecular weight excluding hydrogens is 210 g/mol. The quantitative estimate of drug-likeness (QED) is 0.333. The van der Waals surface area contributed by atoms with Crippen LogP contribution < -0.4 is 5.73 Å². The van der Waals surface area contributed by atoms with Gasteiger partial charge in [0.2, 0.25) is 0 Å². The summed E-state index contributed by atoms with van der Waals surface area (Å²) in [5, 5.41) is 11.9. The fraction of sp³-hybridized carbons (Fsp3) is 0.900. The minimum atomic E-state index is 0.0789. The highest BCUT2D eigenvalue weighted by Crippen LogP contribution is 2.30. The first kappa shape index (κ1) is 12.6. The SMILES string of the molecule is CCC(C(N)=NO)N1CCSC(C)(C)C1. The molecule has 0 aromatic carbocycles. The Bertz CT molecular complexity index is 243. The number of amidine groups is 1. The van der Waals surface area contributed by atoms with Crippen molar-refractivity contribution >= 4 is 17.6 Å². The van der Waals surface area contributed by atoms with Crippen LogP contribution in [-0.4, -0.2) is 45.6 Å². The molecular formula is C10H21N3OS. The Balaban J connectivity index is 2.68. The van der Waals surface area contributed by atoms with Gasteiger partial charge in [0, 0.05) is 23.6 Å². The van der Waals surface area contributed by atoms with Crippen molar-refractivity contribution in [3.63, 3.8) is 0 Å². The van der Waals surface area contributed by atoms with Crippen LogP contribution in [0.15, 0.2) is 5.16 Å². The van der Waals surface area contributed by atoms with Gasteiger partial charge in [0.25, 0.3) is 0 Å². The molecule has 1 aliphatic heterocycles. The maximum absolute atomic E-state index is 8.73. The second kappa shape index (κ2) is 5.07. The molecule has 0 radical (unpaired) electrons. The molecule has 15 heavy (non-hydrogen) atoms. The Hall–Kier alpha value is -0.420. The van der Waals surface area contributed by atoms with Crippen LogP contribution in [0.5, 0.6) is 0 Å². The van der Waals surface area contributed by atoms with E-state index in [-0.39, 0.29) is 10.8 Å². The Morgan fingerprint density at radius 2 is 2.33 bits per heavy atom. The molecule has 5 heteroatoms. The molecule has 0 aromatic rings. The molecule has 3 N–H and O–H groups in total. The van der Waals surface area contributed by atoms with Gasteiger partial charge in [-0.2, -0.15) is 11.8 Å². The van der Waals surface area contributed by atoms with E-state index in [2.05, 4.69) is 30.8 Å². The number of rotatable bonds is 3. The molecule has 0 spiro atoms. The van der Waals surface area contributed by atoms with Gasteiger partial charge in [-0.25, -0.2) is 0 Å². The summed E-state index contributed by atoms with van der Waals surface area (Å²) in [5.74, 6) is 1.45. The third-order valence-corrected chi connectivity index (χ3v) is 4.04. The summed E-state index contributed by atoms with van der Waals surface area (Å²) in [6.45, 7) is 8.55. The average molecular weight is 231 g/mol. The van der Waals surface area contributed by atoms with E-state index < -0.39 is 0 Å². The largest absolute Gasteiger partial charge is 0.409 e. The predicted octanol–water partition coefficient (Wildman–Crippen LogP) is 1.34. The monoisotopic (exact) mass is 231 g/mol. The van der Waals surface area contributed by atoms with E-state index >= 15 is 0 Å². The number of nitrogens with two attached hydrogens (primary N) is 1. The summed E-state index contributed by atoms with van der Waals surface area (Å²) < 4.78 is 0.265. The summed E-state index contributed by atoms with van der Waals surface area (Å²) in [6, 6.07) is 0.0789. The lowest BCUT2D eigenvalue weighted by Crippen LogP contribution is -2.52. The van der Waals surface area contributed by atoms with Gasteiger partial charge in [-0.1, -0.05) is 12.1 Å². The summed E-state index contributed by atoms with van der Waals surface area (Å²) in [5.41, 5.74) is 5.70. The van der Waals surface area contributed by atoms with Crippen LogP contribution in [0.4, 0.5) is 0 Å². The third-order valence-electron chi connectivity index (χ3n) is 2.74. The maximum Gasteiger partial charge on any atom is 0.156 e. The molecule has 1 atom stereocenters. The summed E-state index contributed by atoms with van der Waals surface area (Å²) in [6.07, 6.45) is 0.886. The number of oxime groups is 1. The fourth-order valence-electron chi connectivity index (χ4n) is 2.04. The van der Waals surface area contributed by atoms with Crippen LogP contribution in [0.1, 0.15) is 27.2 Å². The van der Waals surface area contributed by atoms with Gasteiger partial charge in [0.15, 0.2) is 5.84 Å². The molecule has 0 aliphatic carbocycles. The number of thioether (sulfide) groups is 1. The first-order valence-corrected chi connectivity index (χ1v) is 6.34. The van der Waals surface area contributed by atoms with E-state index in [1.807, 2.05) is 11.8 Å². The second-order valence-corrected chi connectivity index (χ2v) is 6.33. The van der Waals surface area contributed by atoms with Gasteiger partial charge in [-0.3, -0.25) is 4.90 Å². The Morgan fingerprint density at radius 3 is 2.80 bits per heavy atom. The molecule has 1 fully saturated rings. The average Bonchev–Trinajstić information content (AvgIpc) is 2.17. The van der Waals surface area contributed by atoms with Crippen LogP contribution in [0.2, 0.25) is 0 Å². The molecule has 1 saturated heterocycles. The van der Waals surface area contributed by atoms with Crippen LogP contribution in [0, 0.1) is 0 Å². The molecule has 0 bridgehead atoms. The lowest BCUT2D eigenvalue weighted by atomic mass is 10.1. The fourth-order valence-corrected chi connectivity index (χ4v) is 3.18. The zero-order valence-electron chi connectivity index (χ0n) is 9.73. The van der Waals surface area contributed by atoms with Crippen molar-refractivity contribution in [3.8, 4) is 0 Å². The standard InChI is InChI=1S/C10H21N3OS/c1-4-8(9(11)12-14)13-5-6-15-10(2,3)7-13/h8,14H,4-7H2,1-3H3,(H2,11,12). The summed E-state index contributed by atoms with van der Waals surface area (Å²) >= 11 is 1.99. The molecule has 0 saturated carbocycles. The first-order valence-electron chi connectivity index (χ1n) is 5.35. The molecule has 0 aromatic heterocycles.